The maximum Gasteiger partial charge on any atom is 0.343 e. The van der Waals surface area contributed by atoms with Crippen LogP contribution in [0.4, 0.5) is 0 Å². The highest BCUT2D eigenvalue weighted by Crippen LogP contribution is 2.63. The van der Waals surface area contributed by atoms with Crippen molar-refractivity contribution >= 4 is 11.9 Å². The third-order valence-electron chi connectivity index (χ3n) is 6.94. The van der Waals surface area contributed by atoms with Gasteiger partial charge in [0, 0.05) is 22.0 Å². The first-order valence-corrected chi connectivity index (χ1v) is 9.30. The molecule has 4 rings (SSSR count). The molecule has 2 heterocycles. The van der Waals surface area contributed by atoms with Crippen molar-refractivity contribution < 1.29 is 33.7 Å². The van der Waals surface area contributed by atoms with Gasteiger partial charge in [-0.2, -0.15) is 0 Å². The number of carbonyl (C=O) groups is 2. The van der Waals surface area contributed by atoms with Crippen LogP contribution >= 0.6 is 0 Å². The van der Waals surface area contributed by atoms with E-state index in [4.69, 9.17) is 13.9 Å². The smallest absolute Gasteiger partial charge is 0.343 e. The van der Waals surface area contributed by atoms with Crippen molar-refractivity contribution in [1.29, 1.82) is 0 Å². The summed E-state index contributed by atoms with van der Waals surface area (Å²) >= 11 is 0. The molecule has 6 unspecified atom stereocenters. The standard InChI is InChI=1S/C21H24O7/c1-19-5-6-21(25)18(24)28-15(12-4-7-27-11-12)10-20(21,2)16(19)9-13(22)8-14(19)17(23)26-3/h4-8,11,13,15-16,22,25H,9-10H2,1-3H3. The van der Waals surface area contributed by atoms with Crippen LogP contribution in [0.5, 0.6) is 0 Å². The van der Waals surface area contributed by atoms with Gasteiger partial charge >= 0.3 is 11.9 Å². The van der Waals surface area contributed by atoms with Gasteiger partial charge in [-0.05, 0) is 37.0 Å². The molecule has 0 radical (unpaired) electrons. The molecule has 0 saturated carbocycles. The highest BCUT2D eigenvalue weighted by Gasteiger charge is 2.67. The summed E-state index contributed by atoms with van der Waals surface area (Å²) in [6.45, 7) is 3.69. The van der Waals surface area contributed by atoms with E-state index >= 15 is 0 Å². The number of hydrogen-bond donors (Lipinski definition) is 2. The van der Waals surface area contributed by atoms with Crippen molar-refractivity contribution in [3.8, 4) is 0 Å². The molecule has 1 aromatic rings. The van der Waals surface area contributed by atoms with Crippen LogP contribution in [0.2, 0.25) is 0 Å². The minimum Gasteiger partial charge on any atom is -0.472 e. The van der Waals surface area contributed by atoms with Gasteiger partial charge in [0.05, 0.1) is 25.7 Å². The van der Waals surface area contributed by atoms with Crippen LogP contribution in [0.3, 0.4) is 0 Å². The van der Waals surface area contributed by atoms with Crippen LogP contribution in [-0.2, 0) is 19.1 Å². The van der Waals surface area contributed by atoms with Gasteiger partial charge in [0.25, 0.3) is 0 Å². The molecule has 2 aliphatic carbocycles. The van der Waals surface area contributed by atoms with Gasteiger partial charge in [0.15, 0.2) is 5.60 Å². The Morgan fingerprint density at radius 1 is 1.32 bits per heavy atom. The molecule has 28 heavy (non-hydrogen) atoms. The molecule has 6 atom stereocenters. The first kappa shape index (κ1) is 19.0. The lowest BCUT2D eigenvalue weighted by atomic mass is 9.46. The van der Waals surface area contributed by atoms with E-state index in [1.54, 1.807) is 12.1 Å². The van der Waals surface area contributed by atoms with E-state index in [1.165, 1.54) is 31.8 Å². The van der Waals surface area contributed by atoms with E-state index in [2.05, 4.69) is 0 Å². The highest BCUT2D eigenvalue weighted by molar-refractivity contribution is 5.92. The molecule has 3 aliphatic rings. The molecule has 0 amide bonds. The molecule has 0 bridgehead atoms. The summed E-state index contributed by atoms with van der Waals surface area (Å²) in [7, 11) is 1.29. The molecule has 1 fully saturated rings. The number of aliphatic hydroxyl groups excluding tert-OH is 1. The first-order chi connectivity index (χ1) is 13.2. The van der Waals surface area contributed by atoms with Crippen molar-refractivity contribution in [2.24, 2.45) is 16.7 Å². The van der Waals surface area contributed by atoms with Crippen molar-refractivity contribution in [3.05, 3.63) is 48.0 Å². The van der Waals surface area contributed by atoms with Gasteiger partial charge in [-0.1, -0.05) is 19.9 Å². The molecule has 7 heteroatoms. The number of fused-ring (bicyclic) bond motifs is 3. The third kappa shape index (κ3) is 2.36. The molecule has 0 spiro atoms. The summed E-state index contributed by atoms with van der Waals surface area (Å²) in [4.78, 5) is 25.3. The topological polar surface area (TPSA) is 106 Å². The second-order valence-corrected chi connectivity index (χ2v) is 8.38. The Hall–Kier alpha value is -2.38. The lowest BCUT2D eigenvalue weighted by Crippen LogP contribution is -2.65. The molecule has 2 N–H and O–H groups in total. The Kier molecular flexibility index (Phi) is 4.10. The fraction of sp³-hybridized carbons (Fsp3) is 0.524. The summed E-state index contributed by atoms with van der Waals surface area (Å²) in [6, 6.07) is 1.72. The Morgan fingerprint density at radius 3 is 2.71 bits per heavy atom. The zero-order valence-electron chi connectivity index (χ0n) is 16.0. The van der Waals surface area contributed by atoms with Crippen molar-refractivity contribution in [3.63, 3.8) is 0 Å². The minimum absolute atomic E-state index is 0.297. The van der Waals surface area contributed by atoms with Gasteiger partial charge in [-0.15, -0.1) is 0 Å². The summed E-state index contributed by atoms with van der Waals surface area (Å²) < 4.78 is 15.6. The number of cyclic esters (lactones) is 1. The van der Waals surface area contributed by atoms with Gasteiger partial charge in [-0.3, -0.25) is 0 Å². The average Bonchev–Trinajstić information content (AvgIpc) is 3.19. The molecular weight excluding hydrogens is 364 g/mol. The van der Waals surface area contributed by atoms with Gasteiger partial charge < -0.3 is 24.1 Å². The van der Waals surface area contributed by atoms with Crippen LogP contribution in [0.1, 0.15) is 38.4 Å². The largest absolute Gasteiger partial charge is 0.472 e. The maximum atomic E-state index is 12.9. The Morgan fingerprint density at radius 2 is 2.07 bits per heavy atom. The van der Waals surface area contributed by atoms with Gasteiger partial charge in [0.2, 0.25) is 0 Å². The van der Waals surface area contributed by atoms with Crippen molar-refractivity contribution in [2.45, 2.75) is 44.5 Å². The number of furan rings is 1. The fourth-order valence-electron chi connectivity index (χ4n) is 5.28. The van der Waals surface area contributed by atoms with E-state index in [1.807, 2.05) is 13.8 Å². The number of ether oxygens (including phenoxy) is 2. The number of methoxy groups -OCH3 is 1. The number of hydrogen-bond acceptors (Lipinski definition) is 7. The van der Waals surface area contributed by atoms with E-state index in [9.17, 15) is 19.8 Å². The number of rotatable bonds is 2. The molecule has 1 saturated heterocycles. The van der Waals surface area contributed by atoms with E-state index in [0.717, 1.165) is 0 Å². The second-order valence-electron chi connectivity index (χ2n) is 8.38. The monoisotopic (exact) mass is 388 g/mol. The van der Waals surface area contributed by atoms with Crippen molar-refractivity contribution in [2.75, 3.05) is 7.11 Å². The number of allylic oxidation sites excluding steroid dienone is 1. The fourth-order valence-corrected chi connectivity index (χ4v) is 5.28. The van der Waals surface area contributed by atoms with E-state index < -0.39 is 46.5 Å². The molecule has 7 nitrogen and oxygen atoms in total. The van der Waals surface area contributed by atoms with Crippen LogP contribution in [0.25, 0.3) is 0 Å². The Balaban J connectivity index is 1.85. The minimum atomic E-state index is -1.85. The zero-order chi connectivity index (χ0) is 20.3. The lowest BCUT2D eigenvalue weighted by Gasteiger charge is -2.60. The second kappa shape index (κ2) is 6.06. The zero-order valence-corrected chi connectivity index (χ0v) is 16.0. The number of aliphatic hydroxyl groups is 2. The normalized spacial score (nSPS) is 42.1. The molecule has 1 aliphatic heterocycles. The van der Waals surface area contributed by atoms with Crippen LogP contribution in [0.15, 0.2) is 46.8 Å². The maximum absolute atomic E-state index is 12.9. The third-order valence-corrected chi connectivity index (χ3v) is 6.94. The predicted octanol–water partition coefficient (Wildman–Crippen LogP) is 2.06. The average molecular weight is 388 g/mol. The van der Waals surface area contributed by atoms with Gasteiger partial charge in [0.1, 0.15) is 6.10 Å². The van der Waals surface area contributed by atoms with Crippen LogP contribution in [-0.4, -0.2) is 41.0 Å². The van der Waals surface area contributed by atoms with Crippen molar-refractivity contribution in [1.82, 2.24) is 0 Å². The summed E-state index contributed by atoms with van der Waals surface area (Å²) in [6.07, 6.45) is 6.78. The number of carbonyl (C=O) groups excluding carboxylic acids is 2. The lowest BCUT2D eigenvalue weighted by molar-refractivity contribution is -0.217. The van der Waals surface area contributed by atoms with E-state index in [0.29, 0.717) is 24.0 Å². The van der Waals surface area contributed by atoms with Crippen LogP contribution < -0.4 is 0 Å². The summed E-state index contributed by atoms with van der Waals surface area (Å²) in [5.74, 6) is -1.67. The number of esters is 2. The predicted molar refractivity (Wildman–Crippen MR) is 96.7 cm³/mol. The Bertz CT molecular complexity index is 869. The first-order valence-electron chi connectivity index (χ1n) is 9.30. The summed E-state index contributed by atoms with van der Waals surface area (Å²) in [5.41, 5.74) is -2.60. The quantitative estimate of drug-likeness (QED) is 0.590. The van der Waals surface area contributed by atoms with Gasteiger partial charge in [-0.25, -0.2) is 9.59 Å². The molecule has 0 aromatic carbocycles. The summed E-state index contributed by atoms with van der Waals surface area (Å²) in [5, 5.41) is 21.8. The molecular formula is C21H24O7. The molecule has 1 aromatic heterocycles. The SMILES string of the molecule is COC(=O)C1=CC(O)CC2C1(C)C=CC1(O)C(=O)OC(c3ccoc3)CC21C. The Labute approximate surface area is 162 Å². The molecule has 150 valence electrons. The van der Waals surface area contributed by atoms with E-state index in [-0.39, 0.29) is 0 Å². The van der Waals surface area contributed by atoms with Crippen LogP contribution in [0, 0.1) is 16.7 Å². The highest BCUT2D eigenvalue weighted by atomic mass is 16.6.